The van der Waals surface area contributed by atoms with E-state index in [4.69, 9.17) is 9.47 Å². The van der Waals surface area contributed by atoms with Gasteiger partial charge in [-0.2, -0.15) is 5.26 Å². The number of hydrogen-bond donors (Lipinski definition) is 1. The molecule has 0 saturated carbocycles. The van der Waals surface area contributed by atoms with Crippen LogP contribution in [0, 0.1) is 11.3 Å². The minimum absolute atomic E-state index is 0.0627. The van der Waals surface area contributed by atoms with Gasteiger partial charge in [0.25, 0.3) is 0 Å². The van der Waals surface area contributed by atoms with Gasteiger partial charge in [0.2, 0.25) is 0 Å². The zero-order chi connectivity index (χ0) is 21.3. The van der Waals surface area contributed by atoms with Gasteiger partial charge in [-0.15, -0.1) is 0 Å². The number of nitrogens with zero attached hydrogens (tertiary/aromatic N) is 1. The molecule has 2 aromatic rings. The first-order valence-corrected chi connectivity index (χ1v) is 9.98. The van der Waals surface area contributed by atoms with Gasteiger partial charge < -0.3 is 14.8 Å². The van der Waals surface area contributed by atoms with E-state index in [-0.39, 0.29) is 11.7 Å². The molecule has 5 nitrogen and oxygen atoms in total. The van der Waals surface area contributed by atoms with Crippen molar-refractivity contribution in [1.82, 2.24) is 5.32 Å². The normalized spacial score (nSPS) is 20.9. The molecular weight excluding hydrogens is 376 g/mol. The van der Waals surface area contributed by atoms with Crippen LogP contribution in [0.15, 0.2) is 71.1 Å². The molecule has 0 amide bonds. The molecule has 0 bridgehead atoms. The van der Waals surface area contributed by atoms with E-state index in [1.807, 2.05) is 43.3 Å². The van der Waals surface area contributed by atoms with Gasteiger partial charge in [-0.25, -0.2) is 0 Å². The monoisotopic (exact) mass is 400 g/mol. The SMILES string of the molecule is COc1ccc(OC)c([C@@H]2C(C#N)=C(C)NC3=C2C(=O)C[C@H](c2ccccc2)C3)c1. The van der Waals surface area contributed by atoms with Crippen LogP contribution in [-0.4, -0.2) is 20.0 Å². The fourth-order valence-electron chi connectivity index (χ4n) is 4.52. The Hall–Kier alpha value is -3.52. The van der Waals surface area contributed by atoms with Crippen molar-refractivity contribution < 1.29 is 14.3 Å². The standard InChI is InChI=1S/C25H24N2O3/c1-15-20(14-26)24(19-13-18(29-2)9-10-23(19)30-3)25-21(27-15)11-17(12-22(25)28)16-7-5-4-6-8-16/h4-10,13,17,24,27H,11-12H2,1-3H3/t17-,24-/m1/s1. The predicted octanol–water partition coefficient (Wildman–Crippen LogP) is 4.59. The predicted molar refractivity (Wildman–Crippen MR) is 114 cm³/mol. The van der Waals surface area contributed by atoms with Crippen molar-refractivity contribution in [2.45, 2.75) is 31.6 Å². The van der Waals surface area contributed by atoms with Gasteiger partial charge in [0.05, 0.1) is 31.8 Å². The van der Waals surface area contributed by atoms with Crippen LogP contribution in [0.4, 0.5) is 0 Å². The van der Waals surface area contributed by atoms with E-state index in [1.165, 1.54) is 0 Å². The van der Waals surface area contributed by atoms with E-state index in [1.54, 1.807) is 14.2 Å². The van der Waals surface area contributed by atoms with Crippen LogP contribution >= 0.6 is 0 Å². The van der Waals surface area contributed by atoms with Crippen molar-refractivity contribution >= 4 is 5.78 Å². The third-order valence-corrected chi connectivity index (χ3v) is 5.97. The summed E-state index contributed by atoms with van der Waals surface area (Å²) >= 11 is 0. The summed E-state index contributed by atoms with van der Waals surface area (Å²) in [5, 5.41) is 13.3. The Morgan fingerprint density at radius 3 is 2.50 bits per heavy atom. The van der Waals surface area contributed by atoms with Crippen molar-refractivity contribution in [2.75, 3.05) is 14.2 Å². The number of benzene rings is 2. The van der Waals surface area contributed by atoms with Crippen molar-refractivity contribution in [1.29, 1.82) is 5.26 Å². The molecule has 0 spiro atoms. The maximum Gasteiger partial charge on any atom is 0.162 e. The Labute approximate surface area is 176 Å². The molecule has 152 valence electrons. The summed E-state index contributed by atoms with van der Waals surface area (Å²) in [5.74, 6) is 1.00. The van der Waals surface area contributed by atoms with E-state index in [2.05, 4.69) is 23.5 Å². The smallest absolute Gasteiger partial charge is 0.162 e. The maximum absolute atomic E-state index is 13.4. The second-order valence-electron chi connectivity index (χ2n) is 7.65. The number of ketones is 1. The van der Waals surface area contributed by atoms with E-state index >= 15 is 0 Å². The molecule has 2 atom stereocenters. The van der Waals surface area contributed by atoms with Crippen LogP contribution in [-0.2, 0) is 4.79 Å². The lowest BCUT2D eigenvalue weighted by Gasteiger charge is -2.36. The summed E-state index contributed by atoms with van der Waals surface area (Å²) in [6, 6.07) is 17.9. The number of allylic oxidation sites excluding steroid dienone is 4. The number of methoxy groups -OCH3 is 2. The summed E-state index contributed by atoms with van der Waals surface area (Å²) in [4.78, 5) is 13.4. The molecule has 1 heterocycles. The molecule has 0 radical (unpaired) electrons. The molecule has 1 aliphatic carbocycles. The topological polar surface area (TPSA) is 71.3 Å². The third kappa shape index (κ3) is 3.35. The number of nitrogens with one attached hydrogen (secondary N) is 1. The highest BCUT2D eigenvalue weighted by atomic mass is 16.5. The molecule has 0 fully saturated rings. The van der Waals surface area contributed by atoms with Gasteiger partial charge in [0.15, 0.2) is 5.78 Å². The molecule has 4 rings (SSSR count). The molecular formula is C25H24N2O3. The minimum Gasteiger partial charge on any atom is -0.497 e. The fourth-order valence-corrected chi connectivity index (χ4v) is 4.52. The fraction of sp³-hybridized carbons (Fsp3) is 0.280. The Balaban J connectivity index is 1.85. The first-order chi connectivity index (χ1) is 14.6. The van der Waals surface area contributed by atoms with Crippen molar-refractivity contribution in [3.63, 3.8) is 0 Å². The van der Waals surface area contributed by atoms with Gasteiger partial charge in [-0.3, -0.25) is 4.79 Å². The average molecular weight is 400 g/mol. The lowest BCUT2D eigenvalue weighted by atomic mass is 9.72. The summed E-state index contributed by atoms with van der Waals surface area (Å²) < 4.78 is 11.0. The number of hydrogen-bond acceptors (Lipinski definition) is 5. The molecule has 2 aromatic carbocycles. The number of nitriles is 1. The Morgan fingerprint density at radius 1 is 1.07 bits per heavy atom. The molecule has 2 aliphatic rings. The summed E-state index contributed by atoms with van der Waals surface area (Å²) in [5.41, 5.74) is 4.79. The van der Waals surface area contributed by atoms with Crippen LogP contribution < -0.4 is 14.8 Å². The molecule has 0 unspecified atom stereocenters. The molecule has 5 heteroatoms. The molecule has 30 heavy (non-hydrogen) atoms. The molecule has 1 N–H and O–H groups in total. The van der Waals surface area contributed by atoms with Gasteiger partial charge in [-0.05, 0) is 43.0 Å². The maximum atomic E-state index is 13.4. The van der Waals surface area contributed by atoms with Crippen molar-refractivity contribution in [2.24, 2.45) is 0 Å². The quantitative estimate of drug-likeness (QED) is 0.813. The van der Waals surface area contributed by atoms with Crippen LogP contribution in [0.2, 0.25) is 0 Å². The first-order valence-electron chi connectivity index (χ1n) is 9.98. The highest BCUT2D eigenvalue weighted by Crippen LogP contribution is 2.47. The van der Waals surface area contributed by atoms with Gasteiger partial charge >= 0.3 is 0 Å². The largest absolute Gasteiger partial charge is 0.497 e. The second kappa shape index (κ2) is 8.08. The Bertz CT molecular complexity index is 1090. The van der Waals surface area contributed by atoms with Crippen molar-refractivity contribution in [3.8, 4) is 17.6 Å². The molecule has 0 saturated heterocycles. The number of carbonyl (C=O) groups excluding carboxylic acids is 1. The number of ether oxygens (including phenoxy) is 2. The Morgan fingerprint density at radius 2 is 1.83 bits per heavy atom. The van der Waals surface area contributed by atoms with Crippen LogP contribution in [0.3, 0.4) is 0 Å². The highest BCUT2D eigenvalue weighted by molar-refractivity contribution is 6.00. The number of Topliss-reactive ketones (excluding diaryl/α,β-unsaturated/α-hetero) is 1. The Kier molecular flexibility index (Phi) is 5.33. The molecule has 1 aliphatic heterocycles. The lowest BCUT2D eigenvalue weighted by Crippen LogP contribution is -2.33. The highest BCUT2D eigenvalue weighted by Gasteiger charge is 2.40. The zero-order valence-corrected chi connectivity index (χ0v) is 17.4. The number of carbonyl (C=O) groups is 1. The van der Waals surface area contributed by atoms with E-state index in [0.29, 0.717) is 29.1 Å². The number of dihydropyridines is 1. The average Bonchev–Trinajstić information content (AvgIpc) is 2.78. The third-order valence-electron chi connectivity index (χ3n) is 5.97. The second-order valence-corrected chi connectivity index (χ2v) is 7.65. The van der Waals surface area contributed by atoms with Gasteiger partial charge in [0.1, 0.15) is 11.5 Å². The van der Waals surface area contributed by atoms with Gasteiger partial charge in [-0.1, -0.05) is 30.3 Å². The van der Waals surface area contributed by atoms with E-state index in [0.717, 1.165) is 28.9 Å². The van der Waals surface area contributed by atoms with Crippen LogP contribution in [0.25, 0.3) is 0 Å². The number of rotatable bonds is 4. The van der Waals surface area contributed by atoms with Gasteiger partial charge in [0, 0.05) is 29.0 Å². The van der Waals surface area contributed by atoms with Crippen LogP contribution in [0.1, 0.15) is 42.7 Å². The first kappa shape index (κ1) is 19.8. The zero-order valence-electron chi connectivity index (χ0n) is 17.4. The summed E-state index contributed by atoms with van der Waals surface area (Å²) in [7, 11) is 3.19. The van der Waals surface area contributed by atoms with E-state index < -0.39 is 5.92 Å². The van der Waals surface area contributed by atoms with Crippen LogP contribution in [0.5, 0.6) is 11.5 Å². The summed E-state index contributed by atoms with van der Waals surface area (Å²) in [6.07, 6.45) is 1.15. The van der Waals surface area contributed by atoms with E-state index in [9.17, 15) is 10.1 Å². The van der Waals surface area contributed by atoms with Crippen molar-refractivity contribution in [3.05, 3.63) is 82.2 Å². The minimum atomic E-state index is -0.472. The summed E-state index contributed by atoms with van der Waals surface area (Å²) in [6.45, 7) is 1.89. The molecule has 0 aromatic heterocycles. The lowest BCUT2D eigenvalue weighted by molar-refractivity contribution is -0.116.